The summed E-state index contributed by atoms with van der Waals surface area (Å²) in [7, 11) is 0. The molecular formula is C19H22N6O2. The molecule has 0 radical (unpaired) electrons. The molecule has 3 N–H and O–H groups in total. The summed E-state index contributed by atoms with van der Waals surface area (Å²) >= 11 is 0. The van der Waals surface area contributed by atoms with Crippen LogP contribution in [0.5, 0.6) is 5.88 Å². The summed E-state index contributed by atoms with van der Waals surface area (Å²) in [6.07, 6.45) is 1.92. The second-order valence-electron chi connectivity index (χ2n) is 7.08. The van der Waals surface area contributed by atoms with Gasteiger partial charge in [0.25, 0.3) is 0 Å². The molecule has 0 aliphatic carbocycles. The van der Waals surface area contributed by atoms with Crippen LogP contribution in [0.1, 0.15) is 18.9 Å². The lowest BCUT2D eigenvalue weighted by Gasteiger charge is -2.36. The Balaban J connectivity index is 1.64. The zero-order valence-corrected chi connectivity index (χ0v) is 15.2. The first-order valence-corrected chi connectivity index (χ1v) is 9.33. The van der Waals surface area contributed by atoms with Crippen LogP contribution in [0.3, 0.4) is 0 Å². The quantitative estimate of drug-likeness (QED) is 0.716. The molecule has 2 aromatic heterocycles. The van der Waals surface area contributed by atoms with E-state index in [1.165, 1.54) is 0 Å². The van der Waals surface area contributed by atoms with Gasteiger partial charge in [0.1, 0.15) is 5.82 Å². The molecular weight excluding hydrogens is 344 g/mol. The molecule has 1 atom stereocenters. The van der Waals surface area contributed by atoms with Crippen molar-refractivity contribution in [3.8, 4) is 17.3 Å². The van der Waals surface area contributed by atoms with Crippen molar-refractivity contribution in [2.24, 2.45) is 0 Å². The van der Waals surface area contributed by atoms with Crippen molar-refractivity contribution in [3.63, 3.8) is 0 Å². The van der Waals surface area contributed by atoms with E-state index >= 15 is 0 Å². The van der Waals surface area contributed by atoms with Crippen molar-refractivity contribution >= 4 is 22.8 Å². The van der Waals surface area contributed by atoms with Crippen molar-refractivity contribution < 1.29 is 9.47 Å². The minimum atomic E-state index is 0.266. The number of nitrogen functional groups attached to an aromatic ring is 1. The van der Waals surface area contributed by atoms with Gasteiger partial charge >= 0.3 is 0 Å². The van der Waals surface area contributed by atoms with Gasteiger partial charge in [-0.2, -0.15) is 4.98 Å². The predicted molar refractivity (Wildman–Crippen MR) is 103 cm³/mol. The molecule has 4 heterocycles. The molecule has 0 spiro atoms. The molecule has 0 saturated carbocycles. The lowest BCUT2D eigenvalue weighted by molar-refractivity contribution is 0.0983. The minimum absolute atomic E-state index is 0.266. The number of morpholine rings is 1. The number of rotatable bonds is 2. The molecule has 27 heavy (non-hydrogen) atoms. The van der Waals surface area contributed by atoms with Gasteiger partial charge in [0.05, 0.1) is 42.5 Å². The summed E-state index contributed by atoms with van der Waals surface area (Å²) < 4.78 is 11.5. The molecule has 140 valence electrons. The number of nitrogens with two attached hydrogens (primary N) is 1. The summed E-state index contributed by atoms with van der Waals surface area (Å²) in [6.45, 7) is 5.08. The Morgan fingerprint density at radius 3 is 3.04 bits per heavy atom. The number of aromatic nitrogens is 4. The van der Waals surface area contributed by atoms with Crippen molar-refractivity contribution in [1.29, 1.82) is 0 Å². The number of ether oxygens (including phenoxy) is 2. The van der Waals surface area contributed by atoms with E-state index in [0.29, 0.717) is 37.5 Å². The van der Waals surface area contributed by atoms with Crippen molar-refractivity contribution in [2.45, 2.75) is 25.8 Å². The van der Waals surface area contributed by atoms with E-state index in [0.717, 1.165) is 47.4 Å². The van der Waals surface area contributed by atoms with E-state index in [2.05, 4.69) is 21.8 Å². The minimum Gasteiger partial charge on any atom is -0.477 e. The fourth-order valence-corrected chi connectivity index (χ4v) is 3.78. The predicted octanol–water partition coefficient (Wildman–Crippen LogP) is 2.15. The zero-order chi connectivity index (χ0) is 18.4. The maximum absolute atomic E-state index is 5.89. The molecule has 2 aliphatic heterocycles. The third kappa shape index (κ3) is 2.86. The Hall–Kier alpha value is -2.87. The molecule has 1 fully saturated rings. The second-order valence-corrected chi connectivity index (χ2v) is 7.08. The topological polar surface area (TPSA) is 102 Å². The number of nitrogens with zero attached hydrogens (tertiary/aromatic N) is 4. The average molecular weight is 366 g/mol. The first-order chi connectivity index (χ1) is 13.2. The SMILES string of the molecule is C[C@H]1COCCN1c1nc(-c2ccc3nc(N)[nH]c3c2)nc2c1CCCO2. The molecule has 3 aromatic rings. The molecule has 8 heteroatoms. The molecule has 0 bridgehead atoms. The third-order valence-electron chi connectivity index (χ3n) is 5.16. The Bertz CT molecular complexity index is 1000. The fraction of sp³-hybridized carbons (Fsp3) is 0.421. The number of fused-ring (bicyclic) bond motifs is 2. The van der Waals surface area contributed by atoms with Crippen LogP contribution >= 0.6 is 0 Å². The summed E-state index contributed by atoms with van der Waals surface area (Å²) in [4.78, 5) is 19.3. The van der Waals surface area contributed by atoms with Gasteiger partial charge in [-0.25, -0.2) is 9.97 Å². The second kappa shape index (κ2) is 6.38. The molecule has 1 aromatic carbocycles. The molecule has 5 rings (SSSR count). The third-order valence-corrected chi connectivity index (χ3v) is 5.16. The fourth-order valence-electron chi connectivity index (χ4n) is 3.78. The van der Waals surface area contributed by atoms with Gasteiger partial charge in [-0.3, -0.25) is 0 Å². The number of hydrogen-bond acceptors (Lipinski definition) is 7. The number of H-pyrrole nitrogens is 1. The molecule has 0 unspecified atom stereocenters. The van der Waals surface area contributed by atoms with Gasteiger partial charge in [-0.1, -0.05) is 0 Å². The van der Waals surface area contributed by atoms with E-state index in [4.69, 9.17) is 25.2 Å². The largest absolute Gasteiger partial charge is 0.477 e. The Labute approximate surface area is 156 Å². The van der Waals surface area contributed by atoms with E-state index in [1.54, 1.807) is 0 Å². The number of hydrogen-bond donors (Lipinski definition) is 2. The van der Waals surface area contributed by atoms with Gasteiger partial charge < -0.3 is 25.1 Å². The van der Waals surface area contributed by atoms with Crippen LogP contribution in [0.25, 0.3) is 22.4 Å². The highest BCUT2D eigenvalue weighted by molar-refractivity contribution is 5.82. The molecule has 8 nitrogen and oxygen atoms in total. The first kappa shape index (κ1) is 16.3. The summed E-state index contributed by atoms with van der Waals surface area (Å²) in [5.74, 6) is 2.72. The highest BCUT2D eigenvalue weighted by atomic mass is 16.5. The lowest BCUT2D eigenvalue weighted by atomic mass is 10.1. The van der Waals surface area contributed by atoms with Gasteiger partial charge in [0, 0.05) is 12.1 Å². The number of imidazole rings is 1. The zero-order valence-electron chi connectivity index (χ0n) is 15.2. The number of aromatic amines is 1. The van der Waals surface area contributed by atoms with Crippen molar-refractivity contribution in [3.05, 3.63) is 23.8 Å². The monoisotopic (exact) mass is 366 g/mol. The standard InChI is InChI=1S/C19H22N6O2/c1-11-10-26-8-6-25(11)17-13-3-2-7-27-18(13)24-16(23-17)12-4-5-14-15(9-12)22-19(20)21-14/h4-5,9,11H,2-3,6-8,10H2,1H3,(H3,20,21,22)/t11-/m0/s1. The van der Waals surface area contributed by atoms with Crippen LogP contribution in [-0.4, -0.2) is 52.3 Å². The van der Waals surface area contributed by atoms with Crippen LogP contribution in [0.15, 0.2) is 18.2 Å². The maximum atomic E-state index is 5.89. The summed E-state index contributed by atoms with van der Waals surface area (Å²) in [5.41, 5.74) is 9.48. The van der Waals surface area contributed by atoms with Crippen LogP contribution < -0.4 is 15.4 Å². The molecule has 2 aliphatic rings. The van der Waals surface area contributed by atoms with E-state index < -0.39 is 0 Å². The van der Waals surface area contributed by atoms with Crippen LogP contribution in [0, 0.1) is 0 Å². The molecule has 1 saturated heterocycles. The number of benzene rings is 1. The lowest BCUT2D eigenvalue weighted by Crippen LogP contribution is -2.45. The smallest absolute Gasteiger partial charge is 0.222 e. The number of nitrogens with one attached hydrogen (secondary N) is 1. The van der Waals surface area contributed by atoms with Gasteiger partial charge in [0.2, 0.25) is 5.88 Å². The van der Waals surface area contributed by atoms with Gasteiger partial charge in [0.15, 0.2) is 11.8 Å². The summed E-state index contributed by atoms with van der Waals surface area (Å²) in [6, 6.07) is 6.15. The van der Waals surface area contributed by atoms with E-state index in [9.17, 15) is 0 Å². The summed E-state index contributed by atoms with van der Waals surface area (Å²) in [5, 5.41) is 0. The van der Waals surface area contributed by atoms with Gasteiger partial charge in [-0.05, 0) is 38.0 Å². The average Bonchev–Trinajstić information content (AvgIpc) is 3.07. The van der Waals surface area contributed by atoms with Crippen molar-refractivity contribution in [2.75, 3.05) is 37.0 Å². The first-order valence-electron chi connectivity index (χ1n) is 9.33. The van der Waals surface area contributed by atoms with Crippen LogP contribution in [0.2, 0.25) is 0 Å². The normalized spacial score (nSPS) is 19.7. The van der Waals surface area contributed by atoms with Crippen LogP contribution in [-0.2, 0) is 11.2 Å². The maximum Gasteiger partial charge on any atom is 0.222 e. The van der Waals surface area contributed by atoms with E-state index in [-0.39, 0.29) is 6.04 Å². The van der Waals surface area contributed by atoms with E-state index in [1.807, 2.05) is 18.2 Å². The van der Waals surface area contributed by atoms with Gasteiger partial charge in [-0.15, -0.1) is 0 Å². The van der Waals surface area contributed by atoms with Crippen LogP contribution in [0.4, 0.5) is 11.8 Å². The Morgan fingerprint density at radius 2 is 2.15 bits per heavy atom. The number of anilines is 2. The highest BCUT2D eigenvalue weighted by Crippen LogP contribution is 2.35. The van der Waals surface area contributed by atoms with Crippen molar-refractivity contribution in [1.82, 2.24) is 19.9 Å². The molecule has 0 amide bonds. The Kier molecular flexibility index (Phi) is 3.86. The Morgan fingerprint density at radius 1 is 1.22 bits per heavy atom. The highest BCUT2D eigenvalue weighted by Gasteiger charge is 2.28.